The number of hydrogen-bond acceptors (Lipinski definition) is 8. The first kappa shape index (κ1) is 26.3. The van der Waals surface area contributed by atoms with E-state index in [2.05, 4.69) is 29.0 Å². The molecule has 1 N–H and O–H groups in total. The number of carbonyl (C=O) groups excluding carboxylic acids is 2. The topological polar surface area (TPSA) is 90.9 Å². The molecule has 1 saturated heterocycles. The second-order valence-corrected chi connectivity index (χ2v) is 10.9. The number of nitrogens with zero attached hydrogens (tertiary/aromatic N) is 5. The fourth-order valence-electron chi connectivity index (χ4n) is 5.14. The summed E-state index contributed by atoms with van der Waals surface area (Å²) in [6, 6.07) is 4.52. The number of piperazine rings is 1. The highest BCUT2D eigenvalue weighted by Crippen LogP contribution is 2.38. The average molecular weight is 525 g/mol. The first-order chi connectivity index (χ1) is 18.2. The van der Waals surface area contributed by atoms with Crippen LogP contribution in [0, 0.1) is 11.7 Å². The quantitative estimate of drug-likeness (QED) is 0.497. The summed E-state index contributed by atoms with van der Waals surface area (Å²) in [6.07, 6.45) is 3.24. The smallest absolute Gasteiger partial charge is 0.227 e. The second kappa shape index (κ2) is 10.8. The van der Waals surface area contributed by atoms with E-state index < -0.39 is 6.04 Å². The molecule has 10 heteroatoms. The van der Waals surface area contributed by atoms with E-state index in [1.807, 2.05) is 17.9 Å². The molecule has 9 nitrogen and oxygen atoms in total. The Balaban J connectivity index is 1.41. The number of fused-ring (bicyclic) bond motifs is 1. The summed E-state index contributed by atoms with van der Waals surface area (Å²) in [5.41, 5.74) is 2.37. The first-order valence-corrected chi connectivity index (χ1v) is 13.6. The molecular formula is C28H37FN6O3. The molecule has 2 aliphatic heterocycles. The van der Waals surface area contributed by atoms with Crippen LogP contribution in [-0.2, 0) is 16.1 Å². The number of nitrogens with one attached hydrogen (secondary N) is 1. The third-order valence-electron chi connectivity index (χ3n) is 7.79. The number of anilines is 2. The van der Waals surface area contributed by atoms with Crippen molar-refractivity contribution in [2.24, 2.45) is 5.92 Å². The number of rotatable bonds is 9. The fourth-order valence-corrected chi connectivity index (χ4v) is 5.14. The SMILES string of the molecule is CC(=O)N1CCN(c2nc(NC(C)c3ccc(OCC4CC4)c(F)c3)c3c(n2)[C@H](C=O)N(C(C)C)C3)CC1. The van der Waals surface area contributed by atoms with Crippen LogP contribution in [0.15, 0.2) is 18.2 Å². The minimum absolute atomic E-state index is 0.0560. The van der Waals surface area contributed by atoms with Gasteiger partial charge in [0.15, 0.2) is 11.6 Å². The molecule has 1 aromatic heterocycles. The molecule has 0 radical (unpaired) electrons. The Kier molecular flexibility index (Phi) is 7.52. The van der Waals surface area contributed by atoms with E-state index in [9.17, 15) is 14.0 Å². The lowest BCUT2D eigenvalue weighted by molar-refractivity contribution is -0.129. The van der Waals surface area contributed by atoms with E-state index in [-0.39, 0.29) is 29.6 Å². The Morgan fingerprint density at radius 3 is 2.53 bits per heavy atom. The molecule has 2 aromatic rings. The standard InChI is InChI=1S/C28H37FN6O3/c1-17(2)35-14-22-26(24(35)15-36)31-28(34-11-9-33(10-12-34)19(4)37)32-27(22)30-18(3)21-7-8-25(23(29)13-21)38-16-20-5-6-20/h7-8,13,15,17-18,20,24H,5-6,9-12,14,16H2,1-4H3,(H,30,31,32)/t18?,24-/m0/s1. The van der Waals surface area contributed by atoms with Gasteiger partial charge in [0, 0.05) is 51.3 Å². The number of ether oxygens (including phenoxy) is 1. The van der Waals surface area contributed by atoms with Crippen LogP contribution < -0.4 is 15.0 Å². The molecule has 1 aliphatic carbocycles. The van der Waals surface area contributed by atoms with Gasteiger partial charge >= 0.3 is 0 Å². The zero-order valence-electron chi connectivity index (χ0n) is 22.6. The average Bonchev–Trinajstić information content (AvgIpc) is 3.65. The van der Waals surface area contributed by atoms with Gasteiger partial charge in [0.1, 0.15) is 18.1 Å². The monoisotopic (exact) mass is 524 g/mol. The molecule has 3 heterocycles. The zero-order valence-corrected chi connectivity index (χ0v) is 22.6. The predicted molar refractivity (Wildman–Crippen MR) is 143 cm³/mol. The molecule has 0 spiro atoms. The van der Waals surface area contributed by atoms with Crippen LogP contribution in [0.5, 0.6) is 5.75 Å². The van der Waals surface area contributed by atoms with Gasteiger partial charge in [-0.2, -0.15) is 4.98 Å². The molecular weight excluding hydrogens is 487 g/mol. The van der Waals surface area contributed by atoms with Crippen molar-refractivity contribution in [3.8, 4) is 5.75 Å². The molecule has 1 saturated carbocycles. The lowest BCUT2D eigenvalue weighted by Gasteiger charge is -2.34. The maximum atomic E-state index is 14.8. The van der Waals surface area contributed by atoms with Crippen molar-refractivity contribution in [2.45, 2.75) is 65.2 Å². The number of amides is 1. The molecule has 38 heavy (non-hydrogen) atoms. The van der Waals surface area contributed by atoms with Gasteiger partial charge in [-0.1, -0.05) is 6.07 Å². The van der Waals surface area contributed by atoms with Crippen LogP contribution in [0.3, 0.4) is 0 Å². The number of aldehydes is 1. The summed E-state index contributed by atoms with van der Waals surface area (Å²) in [4.78, 5) is 39.7. The number of aromatic nitrogens is 2. The van der Waals surface area contributed by atoms with Crippen molar-refractivity contribution >= 4 is 24.0 Å². The van der Waals surface area contributed by atoms with E-state index in [1.54, 1.807) is 13.0 Å². The van der Waals surface area contributed by atoms with Gasteiger partial charge in [-0.3, -0.25) is 9.69 Å². The number of carbonyl (C=O) groups is 2. The third kappa shape index (κ3) is 5.45. The number of halogens is 1. The summed E-state index contributed by atoms with van der Waals surface area (Å²) in [7, 11) is 0. The summed E-state index contributed by atoms with van der Waals surface area (Å²) < 4.78 is 20.5. The summed E-state index contributed by atoms with van der Waals surface area (Å²) in [6.45, 7) is 11.2. The van der Waals surface area contributed by atoms with Gasteiger partial charge in [0.25, 0.3) is 0 Å². The van der Waals surface area contributed by atoms with Crippen molar-refractivity contribution in [2.75, 3.05) is 43.0 Å². The van der Waals surface area contributed by atoms with Crippen LogP contribution in [0.25, 0.3) is 0 Å². The highest BCUT2D eigenvalue weighted by Gasteiger charge is 2.37. The second-order valence-electron chi connectivity index (χ2n) is 10.9. The molecule has 1 aromatic carbocycles. The molecule has 5 rings (SSSR count). The van der Waals surface area contributed by atoms with Gasteiger partial charge < -0.3 is 24.6 Å². The van der Waals surface area contributed by atoms with Gasteiger partial charge in [0.05, 0.1) is 18.3 Å². The van der Waals surface area contributed by atoms with Crippen LogP contribution >= 0.6 is 0 Å². The Labute approximate surface area is 223 Å². The normalized spacial score (nSPS) is 20.4. The highest BCUT2D eigenvalue weighted by atomic mass is 19.1. The van der Waals surface area contributed by atoms with Crippen LogP contribution in [0.4, 0.5) is 16.2 Å². The summed E-state index contributed by atoms with van der Waals surface area (Å²) >= 11 is 0. The molecule has 3 aliphatic rings. The Morgan fingerprint density at radius 1 is 1.18 bits per heavy atom. The van der Waals surface area contributed by atoms with Crippen molar-refractivity contribution in [3.63, 3.8) is 0 Å². The van der Waals surface area contributed by atoms with E-state index >= 15 is 0 Å². The van der Waals surface area contributed by atoms with Crippen molar-refractivity contribution in [3.05, 3.63) is 40.8 Å². The first-order valence-electron chi connectivity index (χ1n) is 13.6. The number of benzene rings is 1. The Morgan fingerprint density at radius 2 is 1.92 bits per heavy atom. The third-order valence-corrected chi connectivity index (χ3v) is 7.79. The van der Waals surface area contributed by atoms with Gasteiger partial charge in [0.2, 0.25) is 11.9 Å². The molecule has 0 bridgehead atoms. The fraction of sp³-hybridized carbons (Fsp3) is 0.571. The molecule has 2 atom stereocenters. The largest absolute Gasteiger partial charge is 0.490 e. The minimum Gasteiger partial charge on any atom is -0.490 e. The van der Waals surface area contributed by atoms with Crippen LogP contribution in [0.2, 0.25) is 0 Å². The minimum atomic E-state index is -0.457. The van der Waals surface area contributed by atoms with Crippen LogP contribution in [-0.4, -0.2) is 70.8 Å². The van der Waals surface area contributed by atoms with E-state index in [1.165, 1.54) is 6.07 Å². The molecule has 204 valence electrons. The maximum absolute atomic E-state index is 14.8. The van der Waals surface area contributed by atoms with E-state index in [0.29, 0.717) is 62.7 Å². The summed E-state index contributed by atoms with van der Waals surface area (Å²) in [5.74, 6) is 1.70. The van der Waals surface area contributed by atoms with E-state index in [0.717, 1.165) is 30.3 Å². The highest BCUT2D eigenvalue weighted by molar-refractivity contribution is 5.73. The lowest BCUT2D eigenvalue weighted by Crippen LogP contribution is -2.48. The van der Waals surface area contributed by atoms with Gasteiger partial charge in [-0.25, -0.2) is 9.37 Å². The van der Waals surface area contributed by atoms with Crippen molar-refractivity contribution in [1.29, 1.82) is 0 Å². The van der Waals surface area contributed by atoms with Crippen LogP contribution in [0.1, 0.15) is 69.4 Å². The van der Waals surface area contributed by atoms with Gasteiger partial charge in [-0.05, 0) is 57.2 Å². The van der Waals surface area contributed by atoms with Crippen molar-refractivity contribution in [1.82, 2.24) is 19.8 Å². The molecule has 1 amide bonds. The van der Waals surface area contributed by atoms with Gasteiger partial charge in [-0.15, -0.1) is 0 Å². The maximum Gasteiger partial charge on any atom is 0.227 e. The Hall–Kier alpha value is -3.27. The zero-order chi connectivity index (χ0) is 27.0. The molecule has 2 fully saturated rings. The predicted octanol–water partition coefficient (Wildman–Crippen LogP) is 3.71. The number of hydrogen-bond donors (Lipinski definition) is 1. The molecule has 1 unspecified atom stereocenters. The van der Waals surface area contributed by atoms with E-state index in [4.69, 9.17) is 14.7 Å². The Bertz CT molecular complexity index is 1200. The van der Waals surface area contributed by atoms with Crippen molar-refractivity contribution < 1.29 is 18.7 Å². The summed E-state index contributed by atoms with van der Waals surface area (Å²) in [5, 5.41) is 3.48. The lowest BCUT2D eigenvalue weighted by atomic mass is 10.1.